The van der Waals surface area contributed by atoms with Gasteiger partial charge in [-0.05, 0) is 12.0 Å². The van der Waals surface area contributed by atoms with Crippen molar-refractivity contribution in [1.82, 2.24) is 0 Å². The maximum Gasteiger partial charge on any atom is 0.306 e. The van der Waals surface area contributed by atoms with Gasteiger partial charge in [-0.3, -0.25) is 4.79 Å². The Morgan fingerprint density at radius 1 is 1.09 bits per heavy atom. The van der Waals surface area contributed by atoms with Crippen LogP contribution in [-0.4, -0.2) is 63.7 Å². The Hall–Kier alpha value is -1.80. The van der Waals surface area contributed by atoms with Gasteiger partial charge >= 0.3 is 5.97 Å². The molecule has 122 valence electrons. The number of hydrogen-bond acceptors (Lipinski definition) is 7. The van der Waals surface area contributed by atoms with Crippen molar-refractivity contribution in [3.8, 4) is 0 Å². The second-order valence-corrected chi connectivity index (χ2v) is 4.84. The van der Waals surface area contributed by atoms with Gasteiger partial charge in [0.2, 0.25) is 0 Å². The Balaban J connectivity index is 2.32. The smallest absolute Gasteiger partial charge is 0.306 e. The number of carbonyl (C=O) groups excluding carboxylic acids is 2. The summed E-state index contributed by atoms with van der Waals surface area (Å²) in [5, 5.41) is 37.4. The second-order valence-electron chi connectivity index (χ2n) is 4.84. The number of aliphatic hydroxyl groups excluding tert-OH is 4. The molecular formula is C15H20O7. The van der Waals surface area contributed by atoms with E-state index in [4.69, 9.17) is 9.84 Å². The Morgan fingerprint density at radius 2 is 1.73 bits per heavy atom. The van der Waals surface area contributed by atoms with Crippen LogP contribution in [0.2, 0.25) is 0 Å². The van der Waals surface area contributed by atoms with E-state index in [1.165, 1.54) is 0 Å². The van der Waals surface area contributed by atoms with Crippen molar-refractivity contribution in [2.24, 2.45) is 0 Å². The lowest BCUT2D eigenvalue weighted by Gasteiger charge is -2.23. The van der Waals surface area contributed by atoms with Gasteiger partial charge in [-0.15, -0.1) is 0 Å². The zero-order valence-corrected chi connectivity index (χ0v) is 11.9. The third-order valence-corrected chi connectivity index (χ3v) is 3.11. The maximum absolute atomic E-state index is 11.5. The molecule has 0 radical (unpaired) electrons. The van der Waals surface area contributed by atoms with E-state index in [0.29, 0.717) is 6.42 Å². The number of carbonyl (C=O) groups is 2. The van der Waals surface area contributed by atoms with Gasteiger partial charge in [0.25, 0.3) is 0 Å². The van der Waals surface area contributed by atoms with E-state index in [2.05, 4.69) is 0 Å². The van der Waals surface area contributed by atoms with Crippen LogP contribution in [0, 0.1) is 0 Å². The highest BCUT2D eigenvalue weighted by atomic mass is 16.5. The molecule has 4 unspecified atom stereocenters. The molecule has 0 aliphatic carbocycles. The predicted octanol–water partition coefficient (Wildman–Crippen LogP) is -1.20. The lowest BCUT2D eigenvalue weighted by atomic mass is 10.0. The van der Waals surface area contributed by atoms with Gasteiger partial charge in [-0.25, -0.2) is 0 Å². The first-order chi connectivity index (χ1) is 10.5. The number of aldehydes is 1. The van der Waals surface area contributed by atoms with Crippen molar-refractivity contribution in [2.75, 3.05) is 6.61 Å². The van der Waals surface area contributed by atoms with Gasteiger partial charge in [0, 0.05) is 6.42 Å². The lowest BCUT2D eigenvalue weighted by Crippen LogP contribution is -2.46. The topological polar surface area (TPSA) is 124 Å². The summed E-state index contributed by atoms with van der Waals surface area (Å²) in [7, 11) is 0. The van der Waals surface area contributed by atoms with Crippen molar-refractivity contribution in [2.45, 2.75) is 37.3 Å². The van der Waals surface area contributed by atoms with Gasteiger partial charge in [0.1, 0.15) is 31.0 Å². The Labute approximate surface area is 127 Å². The average Bonchev–Trinajstić information content (AvgIpc) is 2.56. The molecule has 1 rings (SSSR count). The summed E-state index contributed by atoms with van der Waals surface area (Å²) >= 11 is 0. The van der Waals surface area contributed by atoms with E-state index in [1.807, 2.05) is 30.3 Å². The largest absolute Gasteiger partial charge is 0.463 e. The predicted molar refractivity (Wildman–Crippen MR) is 75.8 cm³/mol. The zero-order valence-electron chi connectivity index (χ0n) is 11.9. The molecule has 0 aromatic heterocycles. The van der Waals surface area contributed by atoms with Gasteiger partial charge in [-0.2, -0.15) is 0 Å². The first-order valence-corrected chi connectivity index (χ1v) is 6.82. The Kier molecular flexibility index (Phi) is 7.69. The minimum absolute atomic E-state index is 0.0342. The molecule has 0 heterocycles. The fraction of sp³-hybridized carbons (Fsp3) is 0.467. The summed E-state index contributed by atoms with van der Waals surface area (Å²) in [6, 6.07) is 9.28. The molecule has 0 bridgehead atoms. The first-order valence-electron chi connectivity index (χ1n) is 6.82. The van der Waals surface area contributed by atoms with Crippen molar-refractivity contribution in [3.63, 3.8) is 0 Å². The van der Waals surface area contributed by atoms with E-state index in [-0.39, 0.29) is 12.7 Å². The molecule has 1 aromatic carbocycles. The van der Waals surface area contributed by atoms with E-state index < -0.39 is 37.0 Å². The summed E-state index contributed by atoms with van der Waals surface area (Å²) in [6.07, 6.45) is -6.47. The second kappa shape index (κ2) is 9.26. The molecule has 7 nitrogen and oxygen atoms in total. The summed E-state index contributed by atoms with van der Waals surface area (Å²) in [5.74, 6) is -0.569. The van der Waals surface area contributed by atoms with Crippen LogP contribution in [-0.2, 0) is 20.7 Å². The number of benzene rings is 1. The monoisotopic (exact) mass is 312 g/mol. The molecule has 22 heavy (non-hydrogen) atoms. The molecule has 0 fully saturated rings. The van der Waals surface area contributed by atoms with Crippen molar-refractivity contribution in [3.05, 3.63) is 35.9 Å². The molecule has 0 aliphatic heterocycles. The molecule has 4 N–H and O–H groups in total. The van der Waals surface area contributed by atoms with Crippen LogP contribution >= 0.6 is 0 Å². The van der Waals surface area contributed by atoms with Crippen LogP contribution in [0.25, 0.3) is 0 Å². The van der Waals surface area contributed by atoms with Crippen molar-refractivity contribution in [1.29, 1.82) is 0 Å². The number of ether oxygens (including phenoxy) is 1. The molecular weight excluding hydrogens is 292 g/mol. The van der Waals surface area contributed by atoms with Gasteiger partial charge < -0.3 is 30.0 Å². The number of rotatable bonds is 9. The van der Waals surface area contributed by atoms with Gasteiger partial charge in [0.15, 0.2) is 6.29 Å². The molecule has 0 saturated heterocycles. The van der Waals surface area contributed by atoms with E-state index in [9.17, 15) is 24.9 Å². The number of aliphatic hydroxyl groups is 4. The average molecular weight is 312 g/mol. The summed E-state index contributed by atoms with van der Waals surface area (Å²) in [5.41, 5.74) is 0.963. The maximum atomic E-state index is 11.5. The van der Waals surface area contributed by atoms with Crippen LogP contribution < -0.4 is 0 Å². The zero-order chi connectivity index (χ0) is 16.5. The molecule has 4 atom stereocenters. The normalized spacial score (nSPS) is 16.4. The fourth-order valence-corrected chi connectivity index (χ4v) is 1.75. The Bertz CT molecular complexity index is 462. The minimum atomic E-state index is -1.85. The van der Waals surface area contributed by atoms with Crippen molar-refractivity contribution < 1.29 is 34.8 Å². The van der Waals surface area contributed by atoms with Crippen molar-refractivity contribution >= 4 is 12.3 Å². The summed E-state index contributed by atoms with van der Waals surface area (Å²) in [4.78, 5) is 21.8. The standard InChI is InChI=1S/C15H20O7/c16-8-11(17)14(20)15(21)12(18)9-22-13(19)7-6-10-4-2-1-3-5-10/h1-5,8,11-12,14-15,17-18,20-21H,6-7,9H2. The number of aryl methyl sites for hydroxylation is 1. The SMILES string of the molecule is O=CC(O)C(O)C(O)C(O)COC(=O)CCc1ccccc1. The van der Waals surface area contributed by atoms with E-state index in [1.54, 1.807) is 0 Å². The molecule has 0 spiro atoms. The fourth-order valence-electron chi connectivity index (χ4n) is 1.75. The third kappa shape index (κ3) is 5.90. The molecule has 0 saturated carbocycles. The van der Waals surface area contributed by atoms with Gasteiger partial charge in [-0.1, -0.05) is 30.3 Å². The first kappa shape index (κ1) is 18.2. The molecule has 0 aliphatic rings. The highest BCUT2D eigenvalue weighted by molar-refractivity contribution is 5.69. The highest BCUT2D eigenvalue weighted by Crippen LogP contribution is 2.07. The van der Waals surface area contributed by atoms with E-state index in [0.717, 1.165) is 5.56 Å². The van der Waals surface area contributed by atoms with Crippen LogP contribution in [0.1, 0.15) is 12.0 Å². The number of esters is 1. The summed E-state index contributed by atoms with van der Waals surface area (Å²) in [6.45, 7) is -0.544. The highest BCUT2D eigenvalue weighted by Gasteiger charge is 2.30. The summed E-state index contributed by atoms with van der Waals surface area (Å²) < 4.78 is 4.78. The quantitative estimate of drug-likeness (QED) is 0.334. The number of hydrogen-bond donors (Lipinski definition) is 4. The van der Waals surface area contributed by atoms with Crippen LogP contribution in [0.5, 0.6) is 0 Å². The molecule has 7 heteroatoms. The van der Waals surface area contributed by atoms with Crippen LogP contribution in [0.15, 0.2) is 30.3 Å². The van der Waals surface area contributed by atoms with Gasteiger partial charge in [0.05, 0.1) is 0 Å². The molecule has 1 aromatic rings. The van der Waals surface area contributed by atoms with Crippen LogP contribution in [0.3, 0.4) is 0 Å². The van der Waals surface area contributed by atoms with Crippen LogP contribution in [0.4, 0.5) is 0 Å². The minimum Gasteiger partial charge on any atom is -0.463 e. The lowest BCUT2D eigenvalue weighted by molar-refractivity contribution is -0.156. The van der Waals surface area contributed by atoms with E-state index >= 15 is 0 Å². The Morgan fingerprint density at radius 3 is 2.32 bits per heavy atom. The third-order valence-electron chi connectivity index (χ3n) is 3.11. The molecule has 0 amide bonds.